The van der Waals surface area contributed by atoms with Gasteiger partial charge in [0.1, 0.15) is 28.4 Å². The van der Waals surface area contributed by atoms with E-state index in [9.17, 15) is 19.7 Å². The number of hydrogen-bond donors (Lipinski definition) is 1. The van der Waals surface area contributed by atoms with Crippen LogP contribution in [0.1, 0.15) is 32.2 Å². The maximum absolute atomic E-state index is 12.8. The average Bonchev–Trinajstić information content (AvgIpc) is 2.99. The van der Waals surface area contributed by atoms with Crippen LogP contribution in [-0.4, -0.2) is 47.2 Å². The molecule has 1 heterocycles. The molecule has 1 amide bonds. The summed E-state index contributed by atoms with van der Waals surface area (Å²) >= 11 is 1.29. The summed E-state index contributed by atoms with van der Waals surface area (Å²) in [5.74, 6) is -0.931. The Morgan fingerprint density at radius 1 is 1.33 bits per heavy atom. The molecule has 10 heteroatoms. The van der Waals surface area contributed by atoms with Crippen LogP contribution in [-0.2, 0) is 6.54 Å². The molecule has 1 aromatic carbocycles. The van der Waals surface area contributed by atoms with Crippen LogP contribution in [0.15, 0.2) is 27.5 Å². The molecule has 27 heavy (non-hydrogen) atoms. The number of nitrogens with zero attached hydrogens (tertiary/aromatic N) is 2. The number of aryl methyl sites for hydroxylation is 1. The van der Waals surface area contributed by atoms with Gasteiger partial charge in [0, 0.05) is 7.05 Å². The number of carbonyl (C=O) groups is 2. The third-order valence-electron chi connectivity index (χ3n) is 3.87. The van der Waals surface area contributed by atoms with Crippen LogP contribution in [0.4, 0.5) is 5.69 Å². The van der Waals surface area contributed by atoms with Gasteiger partial charge < -0.3 is 19.2 Å². The van der Waals surface area contributed by atoms with Crippen molar-refractivity contribution in [3.8, 4) is 5.75 Å². The van der Waals surface area contributed by atoms with Crippen molar-refractivity contribution in [3.05, 3.63) is 51.0 Å². The summed E-state index contributed by atoms with van der Waals surface area (Å²) in [6, 6.07) is 3.96. The standard InChI is InChI=1S/C17H18N2O7S/c1-9-11(17(21)22)5-10(26-9)8-18(2)16(20)12-6-15(27-4)14(25-3)7-13(12)19(23)24/h5-7H,8H2,1-4H3,(H,21,22). The lowest BCUT2D eigenvalue weighted by Gasteiger charge is -2.17. The molecule has 0 atom stereocenters. The van der Waals surface area contributed by atoms with Crippen molar-refractivity contribution in [2.75, 3.05) is 20.4 Å². The minimum atomic E-state index is -1.13. The highest BCUT2D eigenvalue weighted by molar-refractivity contribution is 7.98. The lowest BCUT2D eigenvalue weighted by molar-refractivity contribution is -0.385. The van der Waals surface area contributed by atoms with Crippen molar-refractivity contribution in [1.29, 1.82) is 0 Å². The van der Waals surface area contributed by atoms with Gasteiger partial charge in [0.25, 0.3) is 11.6 Å². The average molecular weight is 394 g/mol. The van der Waals surface area contributed by atoms with E-state index in [1.54, 1.807) is 6.26 Å². The third kappa shape index (κ3) is 4.22. The number of nitro groups is 1. The summed E-state index contributed by atoms with van der Waals surface area (Å²) in [4.78, 5) is 36.4. The van der Waals surface area contributed by atoms with Gasteiger partial charge in [-0.05, 0) is 25.3 Å². The summed E-state index contributed by atoms with van der Waals surface area (Å²) < 4.78 is 10.5. The molecule has 2 aromatic rings. The monoisotopic (exact) mass is 394 g/mol. The van der Waals surface area contributed by atoms with Crippen molar-refractivity contribution in [2.45, 2.75) is 18.4 Å². The van der Waals surface area contributed by atoms with Gasteiger partial charge in [-0.1, -0.05) is 0 Å². The fourth-order valence-electron chi connectivity index (χ4n) is 2.54. The molecule has 2 rings (SSSR count). The molecule has 0 bridgehead atoms. The Kier molecular flexibility index (Phi) is 6.11. The molecular formula is C17H18N2O7S. The number of carbonyl (C=O) groups excluding carboxylic acids is 1. The first-order chi connectivity index (χ1) is 12.7. The molecule has 1 N–H and O–H groups in total. The number of aromatic carboxylic acids is 1. The van der Waals surface area contributed by atoms with E-state index in [2.05, 4.69) is 0 Å². The van der Waals surface area contributed by atoms with E-state index in [1.807, 2.05) is 0 Å². The normalized spacial score (nSPS) is 10.5. The molecule has 0 spiro atoms. The summed E-state index contributed by atoms with van der Waals surface area (Å²) in [7, 11) is 2.85. The zero-order valence-corrected chi connectivity index (χ0v) is 16.0. The second kappa shape index (κ2) is 8.12. The van der Waals surface area contributed by atoms with Crippen LogP contribution in [0, 0.1) is 17.0 Å². The van der Waals surface area contributed by atoms with E-state index in [0.717, 1.165) is 0 Å². The minimum Gasteiger partial charge on any atom is -0.495 e. The number of amides is 1. The molecule has 0 aliphatic carbocycles. The van der Waals surface area contributed by atoms with Crippen LogP contribution in [0.5, 0.6) is 5.75 Å². The van der Waals surface area contributed by atoms with Crippen LogP contribution in [0.25, 0.3) is 0 Å². The second-order valence-electron chi connectivity index (χ2n) is 5.63. The third-order valence-corrected chi connectivity index (χ3v) is 4.63. The zero-order chi connectivity index (χ0) is 20.3. The summed E-state index contributed by atoms with van der Waals surface area (Å²) in [5, 5.41) is 20.5. The van der Waals surface area contributed by atoms with E-state index in [4.69, 9.17) is 14.3 Å². The van der Waals surface area contributed by atoms with Crippen molar-refractivity contribution in [1.82, 2.24) is 4.90 Å². The Morgan fingerprint density at radius 2 is 2.00 bits per heavy atom. The summed E-state index contributed by atoms with van der Waals surface area (Å²) in [5.41, 5.74) is -0.455. The lowest BCUT2D eigenvalue weighted by Crippen LogP contribution is -2.26. The highest BCUT2D eigenvalue weighted by Gasteiger charge is 2.27. The fraction of sp³-hybridized carbons (Fsp3) is 0.294. The first-order valence-corrected chi connectivity index (χ1v) is 8.90. The van der Waals surface area contributed by atoms with Crippen LogP contribution in [0.3, 0.4) is 0 Å². The van der Waals surface area contributed by atoms with Gasteiger partial charge in [-0.25, -0.2) is 4.79 Å². The predicted octanol–water partition coefficient (Wildman–Crippen LogP) is 3.20. The highest BCUT2D eigenvalue weighted by Crippen LogP contribution is 2.35. The second-order valence-corrected chi connectivity index (χ2v) is 6.48. The number of carboxylic acid groups (broad SMARTS) is 1. The summed E-state index contributed by atoms with van der Waals surface area (Å²) in [6.07, 6.45) is 1.76. The van der Waals surface area contributed by atoms with Gasteiger partial charge >= 0.3 is 5.97 Å². The molecule has 144 valence electrons. The predicted molar refractivity (Wildman–Crippen MR) is 97.6 cm³/mol. The minimum absolute atomic E-state index is 0.00551. The van der Waals surface area contributed by atoms with Crippen LogP contribution >= 0.6 is 11.8 Å². The van der Waals surface area contributed by atoms with Crippen molar-refractivity contribution >= 4 is 29.3 Å². The van der Waals surface area contributed by atoms with E-state index in [0.29, 0.717) is 10.6 Å². The molecule has 0 saturated carbocycles. The topological polar surface area (TPSA) is 123 Å². The number of furan rings is 1. The number of benzene rings is 1. The number of ether oxygens (including phenoxy) is 1. The molecule has 9 nitrogen and oxygen atoms in total. The van der Waals surface area contributed by atoms with E-state index < -0.39 is 16.8 Å². The Bertz CT molecular complexity index is 907. The van der Waals surface area contributed by atoms with Crippen molar-refractivity contribution < 1.29 is 28.8 Å². The van der Waals surface area contributed by atoms with Gasteiger partial charge in [-0.3, -0.25) is 14.9 Å². The first-order valence-electron chi connectivity index (χ1n) is 7.68. The van der Waals surface area contributed by atoms with E-state index in [-0.39, 0.29) is 34.9 Å². The molecule has 0 saturated heterocycles. The molecule has 1 aromatic heterocycles. The Balaban J connectivity index is 2.37. The molecule has 0 unspecified atom stereocenters. The number of carboxylic acids is 1. The number of methoxy groups -OCH3 is 1. The molecular weight excluding hydrogens is 376 g/mol. The van der Waals surface area contributed by atoms with E-state index >= 15 is 0 Å². The van der Waals surface area contributed by atoms with Gasteiger partial charge in [-0.2, -0.15) is 0 Å². The van der Waals surface area contributed by atoms with Crippen molar-refractivity contribution in [2.24, 2.45) is 0 Å². The molecule has 0 radical (unpaired) electrons. The van der Waals surface area contributed by atoms with Gasteiger partial charge in [-0.15, -0.1) is 11.8 Å². The smallest absolute Gasteiger partial charge is 0.339 e. The van der Waals surface area contributed by atoms with Gasteiger partial charge in [0.05, 0.1) is 29.5 Å². The SMILES string of the molecule is COc1cc([N+](=O)[O-])c(C(=O)N(C)Cc2cc(C(=O)O)c(C)o2)cc1SC. The first kappa shape index (κ1) is 20.3. The van der Waals surface area contributed by atoms with Crippen LogP contribution in [0.2, 0.25) is 0 Å². The zero-order valence-electron chi connectivity index (χ0n) is 15.1. The largest absolute Gasteiger partial charge is 0.495 e. The van der Waals surface area contributed by atoms with Crippen LogP contribution < -0.4 is 4.74 Å². The van der Waals surface area contributed by atoms with Gasteiger partial charge in [0.15, 0.2) is 0 Å². The Labute approximate surface area is 159 Å². The summed E-state index contributed by atoms with van der Waals surface area (Å²) in [6.45, 7) is 1.47. The maximum atomic E-state index is 12.8. The number of hydrogen-bond acceptors (Lipinski definition) is 7. The number of nitro benzene ring substituents is 1. The van der Waals surface area contributed by atoms with Crippen molar-refractivity contribution in [3.63, 3.8) is 0 Å². The molecule has 0 fully saturated rings. The molecule has 0 aliphatic rings. The Morgan fingerprint density at radius 3 is 2.48 bits per heavy atom. The van der Waals surface area contributed by atoms with E-state index in [1.165, 1.54) is 55.9 Å². The number of rotatable bonds is 7. The lowest BCUT2D eigenvalue weighted by atomic mass is 10.1. The van der Waals surface area contributed by atoms with Gasteiger partial charge in [0.2, 0.25) is 0 Å². The fourth-order valence-corrected chi connectivity index (χ4v) is 3.11. The molecule has 0 aliphatic heterocycles. The quantitative estimate of drug-likeness (QED) is 0.431. The Hall–Kier alpha value is -3.01. The maximum Gasteiger partial charge on any atom is 0.339 e. The highest BCUT2D eigenvalue weighted by atomic mass is 32.2. The number of thioether (sulfide) groups is 1.